The molecule has 2 N–H and O–H groups in total. The van der Waals surface area contributed by atoms with Crippen LogP contribution in [0.3, 0.4) is 0 Å². The van der Waals surface area contributed by atoms with Crippen molar-refractivity contribution in [3.63, 3.8) is 0 Å². The van der Waals surface area contributed by atoms with E-state index in [1.165, 1.54) is 12.1 Å². The Morgan fingerprint density at radius 3 is 2.26 bits per heavy atom. The predicted molar refractivity (Wildman–Crippen MR) is 137 cm³/mol. The van der Waals surface area contributed by atoms with Crippen LogP contribution in [0.1, 0.15) is 43.7 Å². The highest BCUT2D eigenvalue weighted by Gasteiger charge is 2.48. The van der Waals surface area contributed by atoms with Gasteiger partial charge in [0.1, 0.15) is 17.7 Å². The maximum Gasteiger partial charge on any atom is 0.416 e. The summed E-state index contributed by atoms with van der Waals surface area (Å²) in [5.41, 5.74) is -0.729. The van der Waals surface area contributed by atoms with Gasteiger partial charge >= 0.3 is 12.2 Å². The first kappa shape index (κ1) is 28.8. The molecule has 0 aromatic heterocycles. The van der Waals surface area contributed by atoms with Gasteiger partial charge in [-0.05, 0) is 67.1 Å². The smallest absolute Gasteiger partial charge is 0.341 e. The molecule has 0 saturated carbocycles. The van der Waals surface area contributed by atoms with Crippen molar-refractivity contribution in [2.45, 2.75) is 44.8 Å². The highest BCUT2D eigenvalue weighted by molar-refractivity contribution is 5.94. The number of hydrogen-bond acceptors (Lipinski definition) is 3. The van der Waals surface area contributed by atoms with Crippen molar-refractivity contribution in [2.24, 2.45) is 11.3 Å². The van der Waals surface area contributed by atoms with Crippen molar-refractivity contribution < 1.29 is 31.5 Å². The van der Waals surface area contributed by atoms with Crippen LogP contribution in [-0.2, 0) is 11.0 Å². The van der Waals surface area contributed by atoms with Crippen LogP contribution in [0.25, 0.3) is 0 Å². The zero-order chi connectivity index (χ0) is 28.5. The topological polar surface area (TPSA) is 64.7 Å². The van der Waals surface area contributed by atoms with E-state index in [1.54, 1.807) is 18.7 Å². The van der Waals surface area contributed by atoms with Crippen molar-refractivity contribution in [1.82, 2.24) is 15.1 Å². The SMILES string of the molecule is CC(C)[C@@H](NC(=O)Nc1cc(C(F)(F)F)ccc1F)C(=O)N1CCC2(CC1)CN(C)CC2c1ccc(F)cc1. The molecule has 6 nitrogen and oxygen atoms in total. The van der Waals surface area contributed by atoms with Gasteiger partial charge in [0.25, 0.3) is 0 Å². The monoisotopic (exact) mass is 552 g/mol. The van der Waals surface area contributed by atoms with Gasteiger partial charge in [0.2, 0.25) is 5.91 Å². The number of urea groups is 1. The summed E-state index contributed by atoms with van der Waals surface area (Å²) in [6.07, 6.45) is -3.23. The number of carbonyl (C=O) groups excluding carboxylic acids is 2. The second kappa shape index (κ2) is 11.1. The first-order valence-corrected chi connectivity index (χ1v) is 13.0. The molecule has 0 radical (unpaired) electrons. The Bertz CT molecular complexity index is 1190. The number of carbonyl (C=O) groups is 2. The largest absolute Gasteiger partial charge is 0.416 e. The molecule has 3 amide bonds. The zero-order valence-electron chi connectivity index (χ0n) is 22.1. The number of alkyl halides is 3. The molecule has 2 heterocycles. The Kier molecular flexibility index (Phi) is 8.20. The zero-order valence-corrected chi connectivity index (χ0v) is 22.1. The number of amides is 3. The van der Waals surface area contributed by atoms with Crippen molar-refractivity contribution in [3.05, 3.63) is 65.2 Å². The normalized spacial score (nSPS) is 20.3. The summed E-state index contributed by atoms with van der Waals surface area (Å²) in [4.78, 5) is 30.0. The minimum Gasteiger partial charge on any atom is -0.341 e. The first-order valence-electron chi connectivity index (χ1n) is 13.0. The van der Waals surface area contributed by atoms with Gasteiger partial charge in [-0.2, -0.15) is 13.2 Å². The molecular formula is C28H33F5N4O2. The highest BCUT2D eigenvalue weighted by Crippen LogP contribution is 2.49. The third-order valence-electron chi connectivity index (χ3n) is 7.92. The van der Waals surface area contributed by atoms with Crippen molar-refractivity contribution in [2.75, 3.05) is 38.5 Å². The van der Waals surface area contributed by atoms with E-state index >= 15 is 0 Å². The van der Waals surface area contributed by atoms with E-state index in [0.29, 0.717) is 31.3 Å². The number of hydrogen-bond donors (Lipinski definition) is 2. The molecule has 2 aliphatic heterocycles. The van der Waals surface area contributed by atoms with E-state index in [9.17, 15) is 31.5 Å². The molecule has 2 saturated heterocycles. The lowest BCUT2D eigenvalue weighted by Crippen LogP contribution is -2.55. The number of halogens is 5. The van der Waals surface area contributed by atoms with Crippen LogP contribution in [0.2, 0.25) is 0 Å². The number of benzene rings is 2. The number of rotatable bonds is 5. The third-order valence-corrected chi connectivity index (χ3v) is 7.92. The quantitative estimate of drug-likeness (QED) is 0.484. The summed E-state index contributed by atoms with van der Waals surface area (Å²) in [5, 5.41) is 4.63. The van der Waals surface area contributed by atoms with E-state index in [1.807, 2.05) is 19.2 Å². The molecule has 1 unspecified atom stereocenters. The van der Waals surface area contributed by atoms with Crippen LogP contribution >= 0.6 is 0 Å². The molecule has 2 atom stereocenters. The summed E-state index contributed by atoms with van der Waals surface area (Å²) >= 11 is 0. The lowest BCUT2D eigenvalue weighted by Gasteiger charge is -2.44. The Balaban J connectivity index is 1.42. The van der Waals surface area contributed by atoms with Crippen LogP contribution in [0.4, 0.5) is 32.4 Å². The van der Waals surface area contributed by atoms with Crippen LogP contribution in [0.15, 0.2) is 42.5 Å². The van der Waals surface area contributed by atoms with Gasteiger partial charge in [-0.3, -0.25) is 4.79 Å². The van der Waals surface area contributed by atoms with E-state index < -0.39 is 35.3 Å². The number of piperidine rings is 1. The van der Waals surface area contributed by atoms with E-state index in [-0.39, 0.29) is 29.0 Å². The average Bonchev–Trinajstić information content (AvgIpc) is 3.18. The summed E-state index contributed by atoms with van der Waals surface area (Å²) in [7, 11) is 2.05. The fourth-order valence-electron chi connectivity index (χ4n) is 5.86. The van der Waals surface area contributed by atoms with Gasteiger partial charge in [-0.1, -0.05) is 26.0 Å². The van der Waals surface area contributed by atoms with Gasteiger partial charge in [0.05, 0.1) is 11.3 Å². The molecule has 212 valence electrons. The van der Waals surface area contributed by atoms with E-state index in [2.05, 4.69) is 15.5 Å². The lowest BCUT2D eigenvalue weighted by molar-refractivity contribution is -0.138. The van der Waals surface area contributed by atoms with E-state index in [0.717, 1.165) is 31.5 Å². The van der Waals surface area contributed by atoms with Crippen LogP contribution < -0.4 is 10.6 Å². The summed E-state index contributed by atoms with van der Waals surface area (Å²) in [6.45, 7) is 6.12. The van der Waals surface area contributed by atoms with Gasteiger partial charge in [0, 0.05) is 32.1 Å². The second-order valence-electron chi connectivity index (χ2n) is 11.0. The van der Waals surface area contributed by atoms with Crippen LogP contribution in [0, 0.1) is 23.0 Å². The van der Waals surface area contributed by atoms with Crippen LogP contribution in [0.5, 0.6) is 0 Å². The predicted octanol–water partition coefficient (Wildman–Crippen LogP) is 5.47. The molecule has 0 bridgehead atoms. The fraction of sp³-hybridized carbons (Fsp3) is 0.500. The van der Waals surface area contributed by atoms with Crippen molar-refractivity contribution >= 4 is 17.6 Å². The number of likely N-dealkylation sites (tertiary alicyclic amines) is 2. The molecule has 2 aliphatic rings. The molecule has 2 fully saturated rings. The maximum absolute atomic E-state index is 14.1. The number of nitrogens with zero attached hydrogens (tertiary/aromatic N) is 2. The summed E-state index contributed by atoms with van der Waals surface area (Å²) in [6, 6.07) is 6.39. The minimum atomic E-state index is -4.70. The maximum atomic E-state index is 14.1. The Hall–Kier alpha value is -3.21. The van der Waals surface area contributed by atoms with Crippen molar-refractivity contribution in [1.29, 1.82) is 0 Å². The van der Waals surface area contributed by atoms with Gasteiger partial charge in [-0.25, -0.2) is 13.6 Å². The van der Waals surface area contributed by atoms with Gasteiger partial charge in [-0.15, -0.1) is 0 Å². The molecule has 1 spiro atoms. The van der Waals surface area contributed by atoms with Crippen molar-refractivity contribution in [3.8, 4) is 0 Å². The third kappa shape index (κ3) is 6.34. The van der Waals surface area contributed by atoms with Gasteiger partial charge in [0.15, 0.2) is 0 Å². The fourth-order valence-corrected chi connectivity index (χ4v) is 5.86. The minimum absolute atomic E-state index is 0.0669. The molecule has 2 aromatic rings. The van der Waals surface area contributed by atoms with Gasteiger partial charge < -0.3 is 20.4 Å². The van der Waals surface area contributed by atoms with Crippen LogP contribution in [-0.4, -0.2) is 61.0 Å². The summed E-state index contributed by atoms with van der Waals surface area (Å²) < 4.78 is 66.7. The lowest BCUT2D eigenvalue weighted by atomic mass is 9.68. The number of likely N-dealkylation sites (N-methyl/N-ethyl adjacent to an activating group) is 1. The highest BCUT2D eigenvalue weighted by atomic mass is 19.4. The number of anilines is 1. The second-order valence-corrected chi connectivity index (χ2v) is 11.0. The molecule has 11 heteroatoms. The molecule has 39 heavy (non-hydrogen) atoms. The number of nitrogens with one attached hydrogen (secondary N) is 2. The molecule has 4 rings (SSSR count). The Morgan fingerprint density at radius 2 is 1.67 bits per heavy atom. The average molecular weight is 553 g/mol. The molecule has 2 aromatic carbocycles. The first-order chi connectivity index (χ1) is 18.3. The Morgan fingerprint density at radius 1 is 1.03 bits per heavy atom. The molecular weight excluding hydrogens is 519 g/mol. The summed E-state index contributed by atoms with van der Waals surface area (Å²) in [5.74, 6) is -1.73. The van der Waals surface area contributed by atoms with E-state index in [4.69, 9.17) is 0 Å². The molecule has 0 aliphatic carbocycles. The standard InChI is InChI=1S/C28H33F5N4O2/c1-17(2)24(35-26(39)34-23-14-19(28(31,32)33)6-9-22(23)30)25(38)37-12-10-27(11-13-37)16-36(3)15-21(27)18-4-7-20(29)8-5-18/h4-9,14,17,21,24H,10-13,15-16H2,1-3H3,(H2,34,35,39)/t21?,24-/m1/s1. The Labute approximate surface area is 224 Å².